The van der Waals surface area contributed by atoms with Gasteiger partial charge >= 0.3 is 5.97 Å². The number of nitrogens with two attached hydrogens (primary N) is 3. The number of carboxylic acid groups (broad SMARTS) is 1. The third-order valence-electron chi connectivity index (χ3n) is 4.63. The van der Waals surface area contributed by atoms with Crippen LogP contribution in [-0.4, -0.2) is 88.6 Å². The maximum Gasteiger partial charge on any atom is 0.326 e. The Labute approximate surface area is 196 Å². The summed E-state index contributed by atoms with van der Waals surface area (Å²) in [4.78, 5) is 60.4. The molecule has 0 radical (unpaired) electrons. The molecule has 4 amide bonds. The van der Waals surface area contributed by atoms with Crippen LogP contribution < -0.4 is 33.2 Å². The molecule has 0 bridgehead atoms. The lowest BCUT2D eigenvalue weighted by Gasteiger charge is -2.26. The fourth-order valence-electron chi connectivity index (χ4n) is 2.74. The lowest BCUT2D eigenvalue weighted by Crippen LogP contribution is -2.60. The minimum Gasteiger partial charge on any atom is -0.480 e. The Bertz CT molecular complexity index is 679. The number of primary amides is 1. The van der Waals surface area contributed by atoms with E-state index in [1.54, 1.807) is 6.26 Å². The number of carbonyl (C=O) groups is 5. The maximum atomic E-state index is 12.7. The van der Waals surface area contributed by atoms with Gasteiger partial charge in [-0.1, -0.05) is 6.42 Å². The zero-order valence-corrected chi connectivity index (χ0v) is 19.7. The number of aliphatic hydroxyl groups excluding tert-OH is 1. The van der Waals surface area contributed by atoms with Crippen LogP contribution in [0.2, 0.25) is 0 Å². The molecule has 0 rings (SSSR count). The number of hydrogen-bond donors (Lipinski definition) is 8. The van der Waals surface area contributed by atoms with Crippen LogP contribution in [0.25, 0.3) is 0 Å². The van der Waals surface area contributed by atoms with Crippen molar-refractivity contribution in [2.45, 2.75) is 69.3 Å². The minimum atomic E-state index is -1.51. The fraction of sp³-hybridized carbons (Fsp3) is 0.737. The Hall–Kier alpha value is -2.42. The molecule has 0 spiro atoms. The molecule has 190 valence electrons. The molecule has 0 aromatic rings. The zero-order valence-electron chi connectivity index (χ0n) is 18.9. The molecule has 14 heteroatoms. The first-order chi connectivity index (χ1) is 15.4. The first kappa shape index (κ1) is 30.6. The summed E-state index contributed by atoms with van der Waals surface area (Å²) in [6.07, 6.45) is 1.48. The van der Waals surface area contributed by atoms with Crippen molar-refractivity contribution in [2.75, 3.05) is 18.6 Å². The summed E-state index contributed by atoms with van der Waals surface area (Å²) in [6, 6.07) is -5.17. The van der Waals surface area contributed by atoms with Gasteiger partial charge in [-0.3, -0.25) is 19.2 Å². The van der Waals surface area contributed by atoms with Gasteiger partial charge in [0.2, 0.25) is 23.6 Å². The van der Waals surface area contributed by atoms with E-state index in [1.165, 1.54) is 18.7 Å². The van der Waals surface area contributed by atoms with Gasteiger partial charge in [-0.2, -0.15) is 11.8 Å². The van der Waals surface area contributed by atoms with E-state index in [9.17, 15) is 34.2 Å². The van der Waals surface area contributed by atoms with Crippen molar-refractivity contribution >= 4 is 41.4 Å². The molecule has 0 aliphatic carbocycles. The van der Waals surface area contributed by atoms with E-state index < -0.39 is 66.3 Å². The van der Waals surface area contributed by atoms with E-state index in [1.807, 2.05) is 0 Å². The molecule has 0 aliphatic heterocycles. The quantitative estimate of drug-likeness (QED) is 0.0956. The molecule has 33 heavy (non-hydrogen) atoms. The van der Waals surface area contributed by atoms with Crippen LogP contribution in [0.3, 0.4) is 0 Å². The van der Waals surface area contributed by atoms with E-state index in [-0.39, 0.29) is 6.42 Å². The third-order valence-corrected chi connectivity index (χ3v) is 5.28. The maximum absolute atomic E-state index is 12.7. The molecule has 0 aromatic heterocycles. The standard InChI is InChI=1S/C19H36N6O7S/c1-10(26)15(25-16(28)11(21)5-3-4-7-20)18(30)24-13(9-14(22)27)17(29)23-12(19(31)32)6-8-33-2/h10-13,15,26H,3-9,20-21H2,1-2H3,(H2,22,27)(H,23,29)(H,24,30)(H,25,28)(H,31,32). The molecule has 0 aliphatic rings. The average molecular weight is 493 g/mol. The largest absolute Gasteiger partial charge is 0.480 e. The molecule has 0 saturated heterocycles. The molecular weight excluding hydrogens is 456 g/mol. The van der Waals surface area contributed by atoms with Crippen LogP contribution in [0.15, 0.2) is 0 Å². The van der Waals surface area contributed by atoms with Gasteiger partial charge in [-0.25, -0.2) is 4.79 Å². The van der Waals surface area contributed by atoms with Gasteiger partial charge in [0, 0.05) is 0 Å². The van der Waals surface area contributed by atoms with Crippen molar-refractivity contribution in [1.82, 2.24) is 16.0 Å². The number of amides is 4. The van der Waals surface area contributed by atoms with Crippen LogP contribution >= 0.6 is 11.8 Å². The van der Waals surface area contributed by atoms with E-state index >= 15 is 0 Å². The van der Waals surface area contributed by atoms with Gasteiger partial charge in [0.05, 0.1) is 18.6 Å². The van der Waals surface area contributed by atoms with Crippen molar-refractivity contribution in [2.24, 2.45) is 17.2 Å². The highest BCUT2D eigenvalue weighted by molar-refractivity contribution is 7.98. The van der Waals surface area contributed by atoms with Crippen molar-refractivity contribution in [3.63, 3.8) is 0 Å². The van der Waals surface area contributed by atoms with Crippen molar-refractivity contribution in [3.8, 4) is 0 Å². The summed E-state index contributed by atoms with van der Waals surface area (Å²) < 4.78 is 0. The van der Waals surface area contributed by atoms with Gasteiger partial charge in [-0.05, 0) is 44.7 Å². The number of carboxylic acids is 1. The van der Waals surface area contributed by atoms with Gasteiger partial charge < -0.3 is 43.4 Å². The number of carbonyl (C=O) groups excluding carboxylic acids is 4. The summed E-state index contributed by atoms with van der Waals surface area (Å²) in [5.74, 6) is -4.35. The molecule has 0 heterocycles. The first-order valence-electron chi connectivity index (χ1n) is 10.5. The monoisotopic (exact) mass is 492 g/mol. The summed E-state index contributed by atoms with van der Waals surface area (Å²) in [6.45, 7) is 1.69. The second kappa shape index (κ2) is 16.2. The molecule has 0 fully saturated rings. The fourth-order valence-corrected chi connectivity index (χ4v) is 3.21. The summed E-state index contributed by atoms with van der Waals surface area (Å²) in [5, 5.41) is 26.1. The van der Waals surface area contributed by atoms with Crippen molar-refractivity contribution < 1.29 is 34.2 Å². The van der Waals surface area contributed by atoms with Gasteiger partial charge in [-0.15, -0.1) is 0 Å². The Morgan fingerprint density at radius 2 is 1.55 bits per heavy atom. The SMILES string of the molecule is CSCCC(NC(=O)C(CC(N)=O)NC(=O)C(NC(=O)C(N)CCCCN)C(C)O)C(=O)O. The van der Waals surface area contributed by atoms with Gasteiger partial charge in [0.15, 0.2) is 0 Å². The first-order valence-corrected chi connectivity index (χ1v) is 11.9. The molecule has 5 atom stereocenters. The molecule has 0 saturated carbocycles. The predicted octanol–water partition coefficient (Wildman–Crippen LogP) is -3.01. The van der Waals surface area contributed by atoms with Gasteiger partial charge in [0.25, 0.3) is 0 Å². The minimum absolute atomic E-state index is 0.119. The molecule has 5 unspecified atom stereocenters. The number of aliphatic hydroxyl groups is 1. The third kappa shape index (κ3) is 12.4. The number of rotatable bonds is 17. The topological polar surface area (TPSA) is 240 Å². The van der Waals surface area contributed by atoms with Crippen LogP contribution in [0, 0.1) is 0 Å². The molecule has 0 aromatic carbocycles. The summed E-state index contributed by atoms with van der Waals surface area (Å²) in [7, 11) is 0. The Morgan fingerprint density at radius 1 is 0.939 bits per heavy atom. The molecule has 13 nitrogen and oxygen atoms in total. The van der Waals surface area contributed by atoms with Gasteiger partial charge in [0.1, 0.15) is 18.1 Å². The Morgan fingerprint density at radius 3 is 2.03 bits per heavy atom. The lowest BCUT2D eigenvalue weighted by molar-refractivity contribution is -0.142. The number of aliphatic carboxylic acids is 1. The highest BCUT2D eigenvalue weighted by Crippen LogP contribution is 2.05. The smallest absolute Gasteiger partial charge is 0.326 e. The molecule has 11 N–H and O–H groups in total. The van der Waals surface area contributed by atoms with E-state index in [0.717, 1.165) is 0 Å². The van der Waals surface area contributed by atoms with E-state index in [2.05, 4.69) is 16.0 Å². The number of unbranched alkanes of at least 4 members (excludes halogenated alkanes) is 1. The Kier molecular flexibility index (Phi) is 15.0. The zero-order chi connectivity index (χ0) is 25.6. The highest BCUT2D eigenvalue weighted by atomic mass is 32.2. The van der Waals surface area contributed by atoms with Crippen LogP contribution in [-0.2, 0) is 24.0 Å². The lowest BCUT2D eigenvalue weighted by atomic mass is 10.1. The second-order valence-corrected chi connectivity index (χ2v) is 8.52. The van der Waals surface area contributed by atoms with Crippen molar-refractivity contribution in [1.29, 1.82) is 0 Å². The second-order valence-electron chi connectivity index (χ2n) is 7.53. The van der Waals surface area contributed by atoms with Crippen LogP contribution in [0.5, 0.6) is 0 Å². The van der Waals surface area contributed by atoms with Crippen LogP contribution in [0.1, 0.15) is 39.0 Å². The Balaban J connectivity index is 5.32. The molecular formula is C19H36N6O7S. The number of hydrogen-bond acceptors (Lipinski definition) is 9. The van der Waals surface area contributed by atoms with Crippen LogP contribution in [0.4, 0.5) is 0 Å². The summed E-state index contributed by atoms with van der Waals surface area (Å²) >= 11 is 1.38. The highest BCUT2D eigenvalue weighted by Gasteiger charge is 2.33. The number of thioether (sulfide) groups is 1. The van der Waals surface area contributed by atoms with E-state index in [4.69, 9.17) is 17.2 Å². The normalized spacial score (nSPS) is 15.4. The summed E-state index contributed by atoms with van der Waals surface area (Å²) in [5.41, 5.74) is 16.4. The average Bonchev–Trinajstić information content (AvgIpc) is 2.73. The van der Waals surface area contributed by atoms with E-state index in [0.29, 0.717) is 31.6 Å². The number of nitrogens with one attached hydrogen (secondary N) is 3. The predicted molar refractivity (Wildman–Crippen MR) is 123 cm³/mol. The van der Waals surface area contributed by atoms with Crippen molar-refractivity contribution in [3.05, 3.63) is 0 Å².